The Kier molecular flexibility index (Phi) is 7.63. The number of ether oxygens (including phenoxy) is 1. The number of rotatable bonds is 9. The first kappa shape index (κ1) is 17.0. The summed E-state index contributed by atoms with van der Waals surface area (Å²) < 4.78 is 5.98. The molecule has 0 amide bonds. The normalized spacial score (nSPS) is 11.3. The van der Waals surface area contributed by atoms with Crippen LogP contribution in [0.25, 0.3) is 0 Å². The van der Waals surface area contributed by atoms with Crippen molar-refractivity contribution >= 4 is 0 Å². The van der Waals surface area contributed by atoms with Gasteiger partial charge >= 0.3 is 0 Å². The van der Waals surface area contributed by atoms with Crippen LogP contribution in [0.15, 0.2) is 18.2 Å². The average molecular weight is 278 g/mol. The summed E-state index contributed by atoms with van der Waals surface area (Å²) in [5, 5.41) is 3.46. The number of likely N-dealkylation sites (N-methyl/N-ethyl adjacent to an activating group) is 1. The molecule has 1 aromatic carbocycles. The third-order valence-electron chi connectivity index (χ3n) is 3.48. The van der Waals surface area contributed by atoms with Crippen LogP contribution in [0.3, 0.4) is 0 Å². The van der Waals surface area contributed by atoms with Gasteiger partial charge in [0.15, 0.2) is 0 Å². The van der Waals surface area contributed by atoms with E-state index in [2.05, 4.69) is 63.0 Å². The van der Waals surface area contributed by atoms with E-state index < -0.39 is 0 Å². The summed E-state index contributed by atoms with van der Waals surface area (Å²) in [6.07, 6.45) is 0. The quantitative estimate of drug-likeness (QED) is 0.750. The van der Waals surface area contributed by atoms with E-state index in [1.807, 2.05) is 0 Å². The van der Waals surface area contributed by atoms with Crippen LogP contribution in [0.1, 0.15) is 38.8 Å². The maximum absolute atomic E-state index is 5.98. The van der Waals surface area contributed by atoms with Crippen LogP contribution in [0.4, 0.5) is 0 Å². The van der Waals surface area contributed by atoms with Gasteiger partial charge in [-0.2, -0.15) is 0 Å². The number of aryl methyl sites for hydroxylation is 1. The van der Waals surface area contributed by atoms with E-state index in [9.17, 15) is 0 Å². The van der Waals surface area contributed by atoms with Gasteiger partial charge in [-0.05, 0) is 26.1 Å². The largest absolute Gasteiger partial charge is 0.492 e. The molecule has 0 aromatic heterocycles. The second kappa shape index (κ2) is 8.98. The number of nitrogens with one attached hydrogen (secondary N) is 1. The van der Waals surface area contributed by atoms with Crippen molar-refractivity contribution in [3.05, 3.63) is 29.3 Å². The SMILES string of the molecule is CCN(CC)CCOc1ccc(C)cc1CNC(C)C. The van der Waals surface area contributed by atoms with Gasteiger partial charge in [0, 0.05) is 24.7 Å². The van der Waals surface area contributed by atoms with E-state index in [0.29, 0.717) is 6.04 Å². The number of benzene rings is 1. The summed E-state index contributed by atoms with van der Waals surface area (Å²) in [6.45, 7) is 15.6. The Balaban J connectivity index is 2.59. The highest BCUT2D eigenvalue weighted by Gasteiger charge is 2.06. The van der Waals surface area contributed by atoms with E-state index in [-0.39, 0.29) is 0 Å². The molecule has 0 bridgehead atoms. The fraction of sp³-hybridized carbons (Fsp3) is 0.647. The smallest absolute Gasteiger partial charge is 0.123 e. The van der Waals surface area contributed by atoms with Crippen molar-refractivity contribution in [2.75, 3.05) is 26.2 Å². The van der Waals surface area contributed by atoms with Crippen LogP contribution in [0, 0.1) is 6.92 Å². The van der Waals surface area contributed by atoms with Crippen LogP contribution >= 0.6 is 0 Å². The first-order valence-electron chi connectivity index (χ1n) is 7.74. The van der Waals surface area contributed by atoms with E-state index in [1.165, 1.54) is 11.1 Å². The molecule has 1 N–H and O–H groups in total. The molecule has 114 valence electrons. The van der Waals surface area contributed by atoms with E-state index >= 15 is 0 Å². The summed E-state index contributed by atoms with van der Waals surface area (Å²) in [5.41, 5.74) is 2.53. The molecule has 3 heteroatoms. The van der Waals surface area contributed by atoms with Crippen LogP contribution < -0.4 is 10.1 Å². The van der Waals surface area contributed by atoms with Crippen LogP contribution in [-0.4, -0.2) is 37.2 Å². The second-order valence-corrected chi connectivity index (χ2v) is 5.52. The first-order chi connectivity index (χ1) is 9.56. The second-order valence-electron chi connectivity index (χ2n) is 5.52. The maximum atomic E-state index is 5.98. The molecular formula is C17H30N2O. The monoisotopic (exact) mass is 278 g/mol. The molecule has 0 aliphatic heterocycles. The molecule has 3 nitrogen and oxygen atoms in total. The molecule has 0 radical (unpaired) electrons. The summed E-state index contributed by atoms with van der Waals surface area (Å²) in [4.78, 5) is 2.38. The molecule has 0 aliphatic carbocycles. The zero-order chi connectivity index (χ0) is 15.0. The molecule has 0 saturated carbocycles. The maximum Gasteiger partial charge on any atom is 0.123 e. The molecule has 0 fully saturated rings. The number of hydrogen-bond acceptors (Lipinski definition) is 3. The predicted octanol–water partition coefficient (Wildman–Crippen LogP) is 3.21. The minimum atomic E-state index is 0.485. The van der Waals surface area contributed by atoms with Gasteiger partial charge in [0.2, 0.25) is 0 Å². The molecule has 1 rings (SSSR count). The topological polar surface area (TPSA) is 24.5 Å². The fourth-order valence-corrected chi connectivity index (χ4v) is 2.13. The molecular weight excluding hydrogens is 248 g/mol. The molecule has 20 heavy (non-hydrogen) atoms. The summed E-state index contributed by atoms with van der Waals surface area (Å²) in [5.74, 6) is 1.01. The van der Waals surface area contributed by atoms with Gasteiger partial charge in [0.1, 0.15) is 12.4 Å². The minimum absolute atomic E-state index is 0.485. The summed E-state index contributed by atoms with van der Waals surface area (Å²) >= 11 is 0. The van der Waals surface area contributed by atoms with Gasteiger partial charge in [0.05, 0.1) is 0 Å². The third kappa shape index (κ3) is 5.93. The Morgan fingerprint density at radius 1 is 1.20 bits per heavy atom. The average Bonchev–Trinajstić information content (AvgIpc) is 2.43. The highest BCUT2D eigenvalue weighted by Crippen LogP contribution is 2.20. The minimum Gasteiger partial charge on any atom is -0.492 e. The predicted molar refractivity (Wildman–Crippen MR) is 86.4 cm³/mol. The Labute approximate surface area is 124 Å². The Morgan fingerprint density at radius 2 is 1.90 bits per heavy atom. The van der Waals surface area contributed by atoms with Gasteiger partial charge < -0.3 is 15.0 Å². The lowest BCUT2D eigenvalue weighted by atomic mass is 10.1. The van der Waals surface area contributed by atoms with Crippen molar-refractivity contribution < 1.29 is 4.74 Å². The standard InChI is InChI=1S/C17H30N2O/c1-6-19(7-2)10-11-20-17-9-8-15(5)12-16(17)13-18-14(3)4/h8-9,12,14,18H,6-7,10-11,13H2,1-5H3. The molecule has 0 aliphatic rings. The molecule has 0 spiro atoms. The number of nitrogens with zero attached hydrogens (tertiary/aromatic N) is 1. The Morgan fingerprint density at radius 3 is 2.50 bits per heavy atom. The molecule has 0 heterocycles. The van der Waals surface area contributed by atoms with Gasteiger partial charge in [-0.3, -0.25) is 0 Å². The van der Waals surface area contributed by atoms with Crippen molar-refractivity contribution in [2.24, 2.45) is 0 Å². The summed E-state index contributed by atoms with van der Waals surface area (Å²) in [6, 6.07) is 6.90. The van der Waals surface area contributed by atoms with Crippen molar-refractivity contribution in [3.63, 3.8) is 0 Å². The first-order valence-corrected chi connectivity index (χ1v) is 7.74. The summed E-state index contributed by atoms with van der Waals surface area (Å²) in [7, 11) is 0. The van der Waals surface area contributed by atoms with E-state index in [4.69, 9.17) is 4.74 Å². The van der Waals surface area contributed by atoms with E-state index in [0.717, 1.165) is 38.5 Å². The molecule has 0 atom stereocenters. The zero-order valence-electron chi connectivity index (χ0n) is 13.7. The van der Waals surface area contributed by atoms with Crippen LogP contribution in [0.5, 0.6) is 5.75 Å². The molecule has 0 saturated heterocycles. The highest BCUT2D eigenvalue weighted by atomic mass is 16.5. The van der Waals surface area contributed by atoms with Crippen molar-refractivity contribution in [1.82, 2.24) is 10.2 Å². The lowest BCUT2D eigenvalue weighted by Crippen LogP contribution is -2.28. The van der Waals surface area contributed by atoms with Gasteiger partial charge in [-0.15, -0.1) is 0 Å². The van der Waals surface area contributed by atoms with Crippen molar-refractivity contribution in [1.29, 1.82) is 0 Å². The Hall–Kier alpha value is -1.06. The van der Waals surface area contributed by atoms with Crippen LogP contribution in [0.2, 0.25) is 0 Å². The van der Waals surface area contributed by atoms with Crippen LogP contribution in [-0.2, 0) is 6.54 Å². The fourth-order valence-electron chi connectivity index (χ4n) is 2.13. The third-order valence-corrected chi connectivity index (χ3v) is 3.48. The van der Waals surface area contributed by atoms with Gasteiger partial charge in [-0.1, -0.05) is 45.4 Å². The number of hydrogen-bond donors (Lipinski definition) is 1. The lowest BCUT2D eigenvalue weighted by Gasteiger charge is -2.19. The molecule has 0 unspecified atom stereocenters. The molecule has 1 aromatic rings. The van der Waals surface area contributed by atoms with Gasteiger partial charge in [-0.25, -0.2) is 0 Å². The van der Waals surface area contributed by atoms with Crippen molar-refractivity contribution in [3.8, 4) is 5.75 Å². The van der Waals surface area contributed by atoms with E-state index in [1.54, 1.807) is 0 Å². The Bertz CT molecular complexity index is 387. The van der Waals surface area contributed by atoms with Crippen molar-refractivity contribution in [2.45, 2.75) is 47.2 Å². The van der Waals surface area contributed by atoms with Gasteiger partial charge in [0.25, 0.3) is 0 Å². The lowest BCUT2D eigenvalue weighted by molar-refractivity contribution is 0.221. The zero-order valence-corrected chi connectivity index (χ0v) is 13.7. The highest BCUT2D eigenvalue weighted by molar-refractivity contribution is 5.36.